The lowest BCUT2D eigenvalue weighted by Gasteiger charge is -2.11. The zero-order chi connectivity index (χ0) is 15.1. The maximum atomic E-state index is 11.6. The van der Waals surface area contributed by atoms with Crippen molar-refractivity contribution in [2.75, 3.05) is 6.54 Å². The Kier molecular flexibility index (Phi) is 5.70. The Morgan fingerprint density at radius 3 is 2.75 bits per heavy atom. The summed E-state index contributed by atoms with van der Waals surface area (Å²) in [5.41, 5.74) is -0.939. The van der Waals surface area contributed by atoms with E-state index >= 15 is 0 Å². The molecule has 0 spiro atoms. The Bertz CT molecular complexity index is 589. The first-order valence-electron chi connectivity index (χ1n) is 6.17. The van der Waals surface area contributed by atoms with E-state index in [-0.39, 0.29) is 18.9 Å². The van der Waals surface area contributed by atoms with Gasteiger partial charge in [0.1, 0.15) is 6.54 Å². The summed E-state index contributed by atoms with van der Waals surface area (Å²) >= 11 is 0. The number of aromatic nitrogens is 2. The summed E-state index contributed by atoms with van der Waals surface area (Å²) in [6.45, 7) is 1.86. The van der Waals surface area contributed by atoms with Gasteiger partial charge in [0, 0.05) is 25.1 Å². The Morgan fingerprint density at radius 1 is 1.40 bits per heavy atom. The number of aromatic amines is 1. The van der Waals surface area contributed by atoms with E-state index in [9.17, 15) is 19.2 Å². The van der Waals surface area contributed by atoms with Crippen molar-refractivity contribution in [1.82, 2.24) is 15.1 Å². The third-order valence-electron chi connectivity index (χ3n) is 2.69. The molecule has 0 saturated carbocycles. The van der Waals surface area contributed by atoms with Gasteiger partial charge < -0.3 is 10.4 Å². The monoisotopic (exact) mass is 283 g/mol. The Labute approximate surface area is 114 Å². The summed E-state index contributed by atoms with van der Waals surface area (Å²) in [5.74, 6) is -1.28. The Balaban J connectivity index is 2.44. The highest BCUT2D eigenvalue weighted by Gasteiger charge is 2.09. The Morgan fingerprint density at radius 2 is 2.10 bits per heavy atom. The molecule has 0 aromatic carbocycles. The molecule has 0 saturated heterocycles. The average Bonchev–Trinajstić information content (AvgIpc) is 2.38. The van der Waals surface area contributed by atoms with E-state index < -0.39 is 23.0 Å². The standard InChI is InChI=1S/C12H17N3O5/c1-8(2-5-12(19)20)6-13-10(17)7-15-11(18)4-3-9(16)14-15/h3-4,8H,2,5-7H2,1H3,(H,13,17)(H,14,16)(H,19,20). The SMILES string of the molecule is CC(CCC(=O)O)CNC(=O)Cn1[nH]c(=O)ccc1=O. The van der Waals surface area contributed by atoms with Crippen LogP contribution in [0.25, 0.3) is 0 Å². The number of amides is 1. The number of hydrogen-bond acceptors (Lipinski definition) is 4. The van der Waals surface area contributed by atoms with Crippen molar-refractivity contribution >= 4 is 11.9 Å². The van der Waals surface area contributed by atoms with E-state index in [1.54, 1.807) is 0 Å². The van der Waals surface area contributed by atoms with Gasteiger partial charge in [0.05, 0.1) is 0 Å². The fourth-order valence-corrected chi connectivity index (χ4v) is 1.54. The van der Waals surface area contributed by atoms with Crippen LogP contribution in [0.2, 0.25) is 0 Å². The molecule has 0 fully saturated rings. The minimum atomic E-state index is -0.878. The molecule has 0 bridgehead atoms. The number of carboxylic acids is 1. The van der Waals surface area contributed by atoms with E-state index in [2.05, 4.69) is 10.4 Å². The van der Waals surface area contributed by atoms with Gasteiger partial charge in [0.2, 0.25) is 5.91 Å². The largest absolute Gasteiger partial charge is 0.481 e. The summed E-state index contributed by atoms with van der Waals surface area (Å²) in [6.07, 6.45) is 0.500. The van der Waals surface area contributed by atoms with Gasteiger partial charge in [-0.25, -0.2) is 4.68 Å². The van der Waals surface area contributed by atoms with E-state index in [0.717, 1.165) is 16.8 Å². The maximum Gasteiger partial charge on any atom is 0.303 e. The van der Waals surface area contributed by atoms with Crippen LogP contribution in [0.3, 0.4) is 0 Å². The Hall–Kier alpha value is -2.38. The van der Waals surface area contributed by atoms with Gasteiger partial charge in [-0.05, 0) is 12.3 Å². The maximum absolute atomic E-state index is 11.6. The molecule has 0 aliphatic carbocycles. The lowest BCUT2D eigenvalue weighted by atomic mass is 10.1. The van der Waals surface area contributed by atoms with Crippen LogP contribution in [0.5, 0.6) is 0 Å². The molecular weight excluding hydrogens is 266 g/mol. The molecule has 1 amide bonds. The smallest absolute Gasteiger partial charge is 0.303 e. The lowest BCUT2D eigenvalue weighted by molar-refractivity contribution is -0.137. The van der Waals surface area contributed by atoms with Gasteiger partial charge in [0.15, 0.2) is 0 Å². The third kappa shape index (κ3) is 5.51. The molecule has 20 heavy (non-hydrogen) atoms. The third-order valence-corrected chi connectivity index (χ3v) is 2.69. The fraction of sp³-hybridized carbons (Fsp3) is 0.500. The van der Waals surface area contributed by atoms with Gasteiger partial charge in [-0.1, -0.05) is 6.92 Å². The van der Waals surface area contributed by atoms with Crippen molar-refractivity contribution in [3.05, 3.63) is 32.8 Å². The molecular formula is C12H17N3O5. The topological polar surface area (TPSA) is 121 Å². The second-order valence-corrected chi connectivity index (χ2v) is 4.58. The highest BCUT2D eigenvalue weighted by molar-refractivity contribution is 5.75. The van der Waals surface area contributed by atoms with E-state index in [4.69, 9.17) is 5.11 Å². The van der Waals surface area contributed by atoms with Crippen LogP contribution < -0.4 is 16.4 Å². The predicted molar refractivity (Wildman–Crippen MR) is 70.4 cm³/mol. The quantitative estimate of drug-likeness (QED) is 0.602. The van der Waals surface area contributed by atoms with Crippen LogP contribution >= 0.6 is 0 Å². The van der Waals surface area contributed by atoms with Gasteiger partial charge in [-0.3, -0.25) is 24.3 Å². The molecule has 1 aromatic rings. The highest BCUT2D eigenvalue weighted by Crippen LogP contribution is 2.03. The highest BCUT2D eigenvalue weighted by atomic mass is 16.4. The molecule has 1 aromatic heterocycles. The number of nitrogens with zero attached hydrogens (tertiary/aromatic N) is 1. The zero-order valence-corrected chi connectivity index (χ0v) is 11.1. The van der Waals surface area contributed by atoms with Crippen LogP contribution in [0, 0.1) is 5.92 Å². The molecule has 110 valence electrons. The number of carbonyl (C=O) groups is 2. The number of aliphatic carboxylic acids is 1. The molecule has 1 atom stereocenters. The van der Waals surface area contributed by atoms with E-state index in [1.165, 1.54) is 0 Å². The number of H-pyrrole nitrogens is 1. The lowest BCUT2D eigenvalue weighted by Crippen LogP contribution is -2.37. The van der Waals surface area contributed by atoms with Crippen molar-refractivity contribution in [2.45, 2.75) is 26.3 Å². The number of carbonyl (C=O) groups excluding carboxylic acids is 1. The number of carboxylic acid groups (broad SMARTS) is 1. The first-order valence-corrected chi connectivity index (χ1v) is 6.17. The van der Waals surface area contributed by atoms with Crippen LogP contribution in [-0.2, 0) is 16.1 Å². The van der Waals surface area contributed by atoms with E-state index in [0.29, 0.717) is 13.0 Å². The zero-order valence-electron chi connectivity index (χ0n) is 11.1. The molecule has 0 aliphatic rings. The summed E-state index contributed by atoms with van der Waals surface area (Å²) in [6, 6.07) is 2.17. The predicted octanol–water partition coefficient (Wildman–Crippen LogP) is -0.846. The molecule has 8 nitrogen and oxygen atoms in total. The first kappa shape index (κ1) is 15.7. The van der Waals surface area contributed by atoms with E-state index in [1.807, 2.05) is 6.92 Å². The van der Waals surface area contributed by atoms with Crippen LogP contribution in [0.15, 0.2) is 21.7 Å². The van der Waals surface area contributed by atoms with Gasteiger partial charge in [-0.2, -0.15) is 0 Å². The first-order chi connectivity index (χ1) is 9.38. The van der Waals surface area contributed by atoms with Crippen LogP contribution in [0.4, 0.5) is 0 Å². The molecule has 8 heteroatoms. The molecule has 3 N–H and O–H groups in total. The average molecular weight is 283 g/mol. The number of rotatable bonds is 7. The van der Waals surface area contributed by atoms with Gasteiger partial charge >= 0.3 is 5.97 Å². The minimum Gasteiger partial charge on any atom is -0.481 e. The molecule has 0 aliphatic heterocycles. The summed E-state index contributed by atoms with van der Waals surface area (Å²) in [7, 11) is 0. The van der Waals surface area contributed by atoms with Crippen molar-refractivity contribution < 1.29 is 14.7 Å². The molecule has 1 heterocycles. The normalized spacial score (nSPS) is 11.8. The molecule has 0 radical (unpaired) electrons. The fourth-order valence-electron chi connectivity index (χ4n) is 1.54. The van der Waals surface area contributed by atoms with Crippen molar-refractivity contribution in [1.29, 1.82) is 0 Å². The number of hydrogen-bond donors (Lipinski definition) is 3. The minimum absolute atomic E-state index is 0.0154. The van der Waals surface area contributed by atoms with Crippen LogP contribution in [0.1, 0.15) is 19.8 Å². The summed E-state index contributed by atoms with van der Waals surface area (Å²) in [4.78, 5) is 44.4. The van der Waals surface area contributed by atoms with Crippen molar-refractivity contribution in [2.24, 2.45) is 5.92 Å². The summed E-state index contributed by atoms with van der Waals surface area (Å²) < 4.78 is 0.916. The summed E-state index contributed by atoms with van der Waals surface area (Å²) in [5, 5.41) is 13.4. The van der Waals surface area contributed by atoms with Crippen LogP contribution in [-0.4, -0.2) is 33.3 Å². The van der Waals surface area contributed by atoms with Gasteiger partial charge in [0.25, 0.3) is 11.1 Å². The second-order valence-electron chi connectivity index (χ2n) is 4.58. The van der Waals surface area contributed by atoms with Crippen molar-refractivity contribution in [3.8, 4) is 0 Å². The molecule has 1 unspecified atom stereocenters. The molecule has 1 rings (SSSR count). The number of nitrogens with one attached hydrogen (secondary N) is 2. The second kappa shape index (κ2) is 7.27. The van der Waals surface area contributed by atoms with Crippen molar-refractivity contribution in [3.63, 3.8) is 0 Å². The van der Waals surface area contributed by atoms with Gasteiger partial charge in [-0.15, -0.1) is 0 Å².